The van der Waals surface area contributed by atoms with Crippen LogP contribution in [0.15, 0.2) is 30.3 Å². The summed E-state index contributed by atoms with van der Waals surface area (Å²) in [6.07, 6.45) is 2.21. The number of hydrogen-bond donors (Lipinski definition) is 0. The molecule has 0 unspecified atom stereocenters. The summed E-state index contributed by atoms with van der Waals surface area (Å²) < 4.78 is 10.7. The standard InChI is InChI=1S/C19H25NO4/c1-2-23-19(22)16-11-15(16)13-20(12-14-7-4-3-5-8-14)18(21)17-9-6-10-24-17/h3-5,7-8,15-17H,2,6,9-13H2,1H3/t15-,16+,17-/m0/s1. The van der Waals surface area contributed by atoms with Crippen LogP contribution in [0.5, 0.6) is 0 Å². The first-order valence-electron chi connectivity index (χ1n) is 8.80. The summed E-state index contributed by atoms with van der Waals surface area (Å²) in [6, 6.07) is 9.95. The van der Waals surface area contributed by atoms with Gasteiger partial charge < -0.3 is 14.4 Å². The quantitative estimate of drug-likeness (QED) is 0.720. The van der Waals surface area contributed by atoms with E-state index in [-0.39, 0.29) is 29.8 Å². The van der Waals surface area contributed by atoms with E-state index in [0.29, 0.717) is 26.3 Å². The Kier molecular flexibility index (Phi) is 5.51. The van der Waals surface area contributed by atoms with Crippen LogP contribution in [0.1, 0.15) is 31.7 Å². The Balaban J connectivity index is 1.64. The van der Waals surface area contributed by atoms with Crippen molar-refractivity contribution in [2.75, 3.05) is 19.8 Å². The number of benzene rings is 1. The van der Waals surface area contributed by atoms with Gasteiger partial charge in [-0.3, -0.25) is 9.59 Å². The average molecular weight is 331 g/mol. The van der Waals surface area contributed by atoms with E-state index in [1.807, 2.05) is 42.2 Å². The highest BCUT2D eigenvalue weighted by Crippen LogP contribution is 2.40. The molecule has 1 saturated carbocycles. The molecule has 2 fully saturated rings. The Hall–Kier alpha value is -1.88. The number of esters is 1. The number of rotatable bonds is 7. The van der Waals surface area contributed by atoms with Crippen LogP contribution in [-0.4, -0.2) is 42.6 Å². The van der Waals surface area contributed by atoms with Crippen molar-refractivity contribution in [1.29, 1.82) is 0 Å². The summed E-state index contributed by atoms with van der Waals surface area (Å²) >= 11 is 0. The van der Waals surface area contributed by atoms with E-state index >= 15 is 0 Å². The predicted molar refractivity (Wildman–Crippen MR) is 89.1 cm³/mol. The highest BCUT2D eigenvalue weighted by atomic mass is 16.5. The Morgan fingerprint density at radius 3 is 2.75 bits per heavy atom. The van der Waals surface area contributed by atoms with Crippen LogP contribution in [0.3, 0.4) is 0 Å². The molecule has 0 aromatic heterocycles. The number of nitrogens with zero attached hydrogens (tertiary/aromatic N) is 1. The molecule has 1 saturated heterocycles. The lowest BCUT2D eigenvalue weighted by Crippen LogP contribution is -2.40. The highest BCUT2D eigenvalue weighted by molar-refractivity contribution is 5.81. The van der Waals surface area contributed by atoms with Crippen molar-refractivity contribution in [3.8, 4) is 0 Å². The molecule has 3 rings (SSSR count). The van der Waals surface area contributed by atoms with Gasteiger partial charge in [0, 0.05) is 19.7 Å². The first-order chi connectivity index (χ1) is 11.7. The van der Waals surface area contributed by atoms with Crippen molar-refractivity contribution in [1.82, 2.24) is 4.90 Å². The van der Waals surface area contributed by atoms with E-state index in [1.54, 1.807) is 0 Å². The lowest BCUT2D eigenvalue weighted by atomic mass is 10.1. The number of carbonyl (C=O) groups is 2. The molecule has 2 aliphatic rings. The van der Waals surface area contributed by atoms with Crippen molar-refractivity contribution < 1.29 is 19.1 Å². The van der Waals surface area contributed by atoms with Gasteiger partial charge in [0.25, 0.3) is 5.91 Å². The molecule has 1 aromatic carbocycles. The summed E-state index contributed by atoms with van der Waals surface area (Å²) in [5.74, 6) is 0.0659. The van der Waals surface area contributed by atoms with Crippen molar-refractivity contribution in [3.63, 3.8) is 0 Å². The summed E-state index contributed by atoms with van der Waals surface area (Å²) in [5.41, 5.74) is 1.09. The number of ether oxygens (including phenoxy) is 2. The van der Waals surface area contributed by atoms with E-state index in [0.717, 1.165) is 24.8 Å². The van der Waals surface area contributed by atoms with E-state index in [1.165, 1.54) is 0 Å². The van der Waals surface area contributed by atoms with Crippen molar-refractivity contribution >= 4 is 11.9 Å². The molecule has 0 N–H and O–H groups in total. The maximum absolute atomic E-state index is 12.8. The number of carbonyl (C=O) groups excluding carboxylic acids is 2. The maximum Gasteiger partial charge on any atom is 0.309 e. The van der Waals surface area contributed by atoms with Crippen LogP contribution in [-0.2, 0) is 25.6 Å². The van der Waals surface area contributed by atoms with E-state index < -0.39 is 0 Å². The highest BCUT2D eigenvalue weighted by Gasteiger charge is 2.46. The molecule has 0 spiro atoms. The zero-order chi connectivity index (χ0) is 16.9. The molecule has 3 atom stereocenters. The smallest absolute Gasteiger partial charge is 0.309 e. The fraction of sp³-hybridized carbons (Fsp3) is 0.579. The molecular weight excluding hydrogens is 306 g/mol. The predicted octanol–water partition coefficient (Wildman–Crippen LogP) is 2.39. The minimum Gasteiger partial charge on any atom is -0.466 e. The zero-order valence-corrected chi connectivity index (χ0v) is 14.1. The van der Waals surface area contributed by atoms with E-state index in [2.05, 4.69) is 0 Å². The molecule has 0 bridgehead atoms. The van der Waals surface area contributed by atoms with Crippen LogP contribution in [0, 0.1) is 11.8 Å². The second-order valence-electron chi connectivity index (χ2n) is 6.56. The fourth-order valence-electron chi connectivity index (χ4n) is 3.28. The summed E-state index contributed by atoms with van der Waals surface area (Å²) in [5, 5.41) is 0. The second-order valence-corrected chi connectivity index (χ2v) is 6.56. The molecule has 1 amide bonds. The van der Waals surface area contributed by atoms with Crippen LogP contribution in [0.2, 0.25) is 0 Å². The van der Waals surface area contributed by atoms with Gasteiger partial charge in [0.1, 0.15) is 6.10 Å². The van der Waals surface area contributed by atoms with Gasteiger partial charge in [0.15, 0.2) is 0 Å². The zero-order valence-electron chi connectivity index (χ0n) is 14.1. The molecule has 1 aromatic rings. The Morgan fingerprint density at radius 1 is 1.29 bits per heavy atom. The van der Waals surface area contributed by atoms with Gasteiger partial charge in [-0.25, -0.2) is 0 Å². The molecule has 5 nitrogen and oxygen atoms in total. The van der Waals surface area contributed by atoms with Crippen LogP contribution in [0.25, 0.3) is 0 Å². The Bertz CT molecular complexity index is 568. The first-order valence-corrected chi connectivity index (χ1v) is 8.80. The van der Waals surface area contributed by atoms with Crippen LogP contribution < -0.4 is 0 Å². The normalized spacial score (nSPS) is 25.3. The molecule has 1 aliphatic heterocycles. The van der Waals surface area contributed by atoms with Crippen LogP contribution in [0.4, 0.5) is 0 Å². The van der Waals surface area contributed by atoms with E-state index in [4.69, 9.17) is 9.47 Å². The fourth-order valence-corrected chi connectivity index (χ4v) is 3.28. The minimum atomic E-state index is -0.325. The summed E-state index contributed by atoms with van der Waals surface area (Å²) in [7, 11) is 0. The Labute approximate surface area is 142 Å². The minimum absolute atomic E-state index is 0.0471. The molecule has 1 aliphatic carbocycles. The van der Waals surface area contributed by atoms with Gasteiger partial charge in [0.2, 0.25) is 0 Å². The largest absolute Gasteiger partial charge is 0.466 e. The van der Waals surface area contributed by atoms with Gasteiger partial charge in [-0.1, -0.05) is 30.3 Å². The average Bonchev–Trinajstić information content (AvgIpc) is 3.15. The molecule has 24 heavy (non-hydrogen) atoms. The summed E-state index contributed by atoms with van der Waals surface area (Å²) in [4.78, 5) is 26.5. The van der Waals surface area contributed by atoms with Gasteiger partial charge in [0.05, 0.1) is 12.5 Å². The third-order valence-corrected chi connectivity index (χ3v) is 4.70. The molecular formula is C19H25NO4. The van der Waals surface area contributed by atoms with Crippen molar-refractivity contribution in [3.05, 3.63) is 35.9 Å². The second kappa shape index (κ2) is 7.79. The maximum atomic E-state index is 12.8. The van der Waals surface area contributed by atoms with Crippen molar-refractivity contribution in [2.45, 2.75) is 38.8 Å². The summed E-state index contributed by atoms with van der Waals surface area (Å²) in [6.45, 7) is 4.04. The molecule has 0 radical (unpaired) electrons. The Morgan fingerprint density at radius 2 is 2.08 bits per heavy atom. The van der Waals surface area contributed by atoms with Crippen molar-refractivity contribution in [2.24, 2.45) is 11.8 Å². The van der Waals surface area contributed by atoms with Gasteiger partial charge in [-0.2, -0.15) is 0 Å². The lowest BCUT2D eigenvalue weighted by Gasteiger charge is -2.25. The molecule has 130 valence electrons. The third kappa shape index (κ3) is 4.15. The van der Waals surface area contributed by atoms with Crippen LogP contribution >= 0.6 is 0 Å². The number of amides is 1. The monoisotopic (exact) mass is 331 g/mol. The van der Waals surface area contributed by atoms with E-state index in [9.17, 15) is 9.59 Å². The topological polar surface area (TPSA) is 55.8 Å². The van der Waals surface area contributed by atoms with Gasteiger partial charge in [-0.05, 0) is 37.7 Å². The lowest BCUT2D eigenvalue weighted by molar-refractivity contribution is -0.146. The number of hydrogen-bond acceptors (Lipinski definition) is 4. The van der Waals surface area contributed by atoms with Gasteiger partial charge in [-0.15, -0.1) is 0 Å². The third-order valence-electron chi connectivity index (χ3n) is 4.70. The SMILES string of the molecule is CCOC(=O)[C@@H]1C[C@H]1CN(Cc1ccccc1)C(=O)[C@@H]1CCCO1. The van der Waals surface area contributed by atoms with Gasteiger partial charge >= 0.3 is 5.97 Å². The first kappa shape index (κ1) is 17.0. The molecule has 5 heteroatoms. The molecule has 1 heterocycles.